The average Bonchev–Trinajstić information content (AvgIpc) is 3.38. The minimum atomic E-state index is 0.205. The highest BCUT2D eigenvalue weighted by Gasteiger charge is 2.26. The Morgan fingerprint density at radius 3 is 2.88 bits per heavy atom. The molecule has 1 aliphatic rings. The van der Waals surface area contributed by atoms with Crippen LogP contribution in [0.3, 0.4) is 0 Å². The van der Waals surface area contributed by atoms with Crippen LogP contribution in [0.1, 0.15) is 31.7 Å². The lowest BCUT2D eigenvalue weighted by atomic mass is 10.1. The molecule has 5 nitrogen and oxygen atoms in total. The number of benzene rings is 1. The molecule has 1 aliphatic carbocycles. The Morgan fingerprint density at radius 2 is 2.12 bits per heavy atom. The predicted molar refractivity (Wildman–Crippen MR) is 106 cm³/mol. The zero-order valence-electron chi connectivity index (χ0n) is 15.3. The quantitative estimate of drug-likeness (QED) is 0.593. The smallest absolute Gasteiger partial charge is 0.233 e. The fraction of sp³-hybridized carbons (Fsp3) is 0.450. The average molecular weight is 369 g/mol. The first-order chi connectivity index (χ1) is 12.7. The number of hydrogen-bond acceptors (Lipinski definition) is 4. The fourth-order valence-corrected chi connectivity index (χ4v) is 4.24. The molecular formula is C20H24N4OS. The van der Waals surface area contributed by atoms with Gasteiger partial charge in [-0.05, 0) is 49.8 Å². The van der Waals surface area contributed by atoms with Gasteiger partial charge in [-0.1, -0.05) is 36.9 Å². The first-order valence-electron chi connectivity index (χ1n) is 9.31. The molecule has 2 heterocycles. The predicted octanol–water partition coefficient (Wildman–Crippen LogP) is 3.93. The van der Waals surface area contributed by atoms with Gasteiger partial charge in [-0.15, -0.1) is 10.2 Å². The first kappa shape index (κ1) is 17.3. The number of para-hydroxylation sites is 1. The van der Waals surface area contributed by atoms with Crippen LogP contribution in [0.15, 0.2) is 35.5 Å². The molecule has 136 valence electrons. The summed E-state index contributed by atoms with van der Waals surface area (Å²) in [5.41, 5.74) is 3.11. The number of rotatable bonds is 7. The number of pyridine rings is 1. The maximum atomic E-state index is 12.7. The van der Waals surface area contributed by atoms with Crippen molar-refractivity contribution in [3.05, 3.63) is 35.9 Å². The van der Waals surface area contributed by atoms with Gasteiger partial charge in [0.15, 0.2) is 10.8 Å². The number of aryl methyl sites for hydroxylation is 1. The number of hydrogen-bond donors (Lipinski definition) is 0. The summed E-state index contributed by atoms with van der Waals surface area (Å²) in [6.45, 7) is 5.98. The SMILES string of the molecule is CCCN(CC1CC1)C(=O)CSc1nnc2cc(C)c3ccccc3n12. The van der Waals surface area contributed by atoms with E-state index >= 15 is 0 Å². The van der Waals surface area contributed by atoms with Crippen LogP contribution in [0.25, 0.3) is 16.6 Å². The van der Waals surface area contributed by atoms with Gasteiger partial charge >= 0.3 is 0 Å². The highest BCUT2D eigenvalue weighted by molar-refractivity contribution is 7.99. The summed E-state index contributed by atoms with van der Waals surface area (Å²) in [5.74, 6) is 1.34. The van der Waals surface area contributed by atoms with E-state index in [0.29, 0.717) is 5.75 Å². The Hall–Kier alpha value is -2.08. The number of fused-ring (bicyclic) bond motifs is 3. The molecule has 0 saturated heterocycles. The van der Waals surface area contributed by atoms with Crippen molar-refractivity contribution in [2.45, 2.75) is 38.3 Å². The molecule has 0 aliphatic heterocycles. The van der Waals surface area contributed by atoms with Crippen LogP contribution in [-0.2, 0) is 4.79 Å². The van der Waals surface area contributed by atoms with E-state index in [1.807, 2.05) is 17.0 Å². The third-order valence-corrected chi connectivity index (χ3v) is 5.83. The molecule has 26 heavy (non-hydrogen) atoms. The van der Waals surface area contributed by atoms with Gasteiger partial charge < -0.3 is 4.90 Å². The van der Waals surface area contributed by atoms with E-state index in [0.717, 1.165) is 41.7 Å². The van der Waals surface area contributed by atoms with Gasteiger partial charge in [0, 0.05) is 18.5 Å². The molecule has 2 aromatic heterocycles. The van der Waals surface area contributed by atoms with Crippen molar-refractivity contribution in [3.8, 4) is 0 Å². The molecular weight excluding hydrogens is 344 g/mol. The van der Waals surface area contributed by atoms with Crippen molar-refractivity contribution < 1.29 is 4.79 Å². The second-order valence-corrected chi connectivity index (χ2v) is 8.03. The van der Waals surface area contributed by atoms with E-state index < -0.39 is 0 Å². The van der Waals surface area contributed by atoms with Gasteiger partial charge in [0.2, 0.25) is 5.91 Å². The molecule has 1 aromatic carbocycles. The van der Waals surface area contributed by atoms with Crippen molar-refractivity contribution in [2.24, 2.45) is 5.92 Å². The fourth-order valence-electron chi connectivity index (χ4n) is 3.39. The third-order valence-electron chi connectivity index (χ3n) is 4.92. The highest BCUT2D eigenvalue weighted by atomic mass is 32.2. The van der Waals surface area contributed by atoms with Crippen molar-refractivity contribution in [1.82, 2.24) is 19.5 Å². The molecule has 4 rings (SSSR count). The molecule has 0 bridgehead atoms. The third kappa shape index (κ3) is 3.43. The molecule has 0 spiro atoms. The second kappa shape index (κ2) is 7.27. The first-order valence-corrected chi connectivity index (χ1v) is 10.3. The highest BCUT2D eigenvalue weighted by Crippen LogP contribution is 2.30. The summed E-state index contributed by atoms with van der Waals surface area (Å²) < 4.78 is 2.06. The molecule has 0 N–H and O–H groups in total. The Morgan fingerprint density at radius 1 is 1.31 bits per heavy atom. The van der Waals surface area contributed by atoms with Crippen molar-refractivity contribution in [2.75, 3.05) is 18.8 Å². The van der Waals surface area contributed by atoms with Crippen molar-refractivity contribution in [3.63, 3.8) is 0 Å². The van der Waals surface area contributed by atoms with Gasteiger partial charge in [-0.2, -0.15) is 0 Å². The molecule has 1 amide bonds. The summed E-state index contributed by atoms with van der Waals surface area (Å²) in [7, 11) is 0. The monoisotopic (exact) mass is 368 g/mol. The number of nitrogens with zero attached hydrogens (tertiary/aromatic N) is 4. The van der Waals surface area contributed by atoms with Gasteiger partial charge in [0.05, 0.1) is 11.3 Å². The molecule has 0 atom stereocenters. The zero-order valence-corrected chi connectivity index (χ0v) is 16.1. The molecule has 1 fully saturated rings. The van der Waals surface area contributed by atoms with Crippen molar-refractivity contribution >= 4 is 34.2 Å². The molecule has 6 heteroatoms. The van der Waals surface area contributed by atoms with Crippen LogP contribution in [0.4, 0.5) is 0 Å². The van der Waals surface area contributed by atoms with Gasteiger partial charge in [-0.25, -0.2) is 0 Å². The standard InChI is InChI=1S/C20H24N4OS/c1-3-10-23(12-15-8-9-15)19(25)13-26-20-22-21-18-11-14(2)16-6-4-5-7-17(16)24(18)20/h4-7,11,15H,3,8-10,12-13H2,1-2H3. The second-order valence-electron chi connectivity index (χ2n) is 7.09. The van der Waals surface area contributed by atoms with Gasteiger partial charge in [0.25, 0.3) is 0 Å². The Balaban J connectivity index is 1.57. The van der Waals surface area contributed by atoms with E-state index in [9.17, 15) is 4.79 Å². The summed E-state index contributed by atoms with van der Waals surface area (Å²) in [4.78, 5) is 14.7. The van der Waals surface area contributed by atoms with Crippen LogP contribution < -0.4 is 0 Å². The van der Waals surface area contributed by atoms with Crippen LogP contribution in [0.5, 0.6) is 0 Å². The number of thioether (sulfide) groups is 1. The lowest BCUT2D eigenvalue weighted by Gasteiger charge is -2.21. The van der Waals surface area contributed by atoms with Gasteiger partial charge in [0.1, 0.15) is 0 Å². The lowest BCUT2D eigenvalue weighted by molar-refractivity contribution is -0.128. The Kier molecular flexibility index (Phi) is 4.85. The molecule has 0 radical (unpaired) electrons. The number of amides is 1. The largest absolute Gasteiger partial charge is 0.342 e. The lowest BCUT2D eigenvalue weighted by Crippen LogP contribution is -2.34. The van der Waals surface area contributed by atoms with Crippen LogP contribution in [0, 0.1) is 12.8 Å². The van der Waals surface area contributed by atoms with E-state index in [4.69, 9.17) is 0 Å². The summed E-state index contributed by atoms with van der Waals surface area (Å²) >= 11 is 1.49. The number of carbonyl (C=O) groups is 1. The minimum Gasteiger partial charge on any atom is -0.342 e. The van der Waals surface area contributed by atoms with Gasteiger partial charge in [-0.3, -0.25) is 9.20 Å². The topological polar surface area (TPSA) is 50.5 Å². The maximum absolute atomic E-state index is 12.7. The number of aromatic nitrogens is 3. The zero-order chi connectivity index (χ0) is 18.1. The molecule has 0 unspecified atom stereocenters. The minimum absolute atomic E-state index is 0.205. The van der Waals surface area contributed by atoms with Crippen LogP contribution in [-0.4, -0.2) is 44.2 Å². The summed E-state index contributed by atoms with van der Waals surface area (Å²) in [5, 5.41) is 10.6. The Bertz CT molecular complexity index is 948. The van der Waals surface area contributed by atoms with E-state index in [1.165, 1.54) is 35.6 Å². The van der Waals surface area contributed by atoms with E-state index in [-0.39, 0.29) is 5.91 Å². The number of carbonyl (C=O) groups excluding carboxylic acids is 1. The molecule has 3 aromatic rings. The molecule has 1 saturated carbocycles. The van der Waals surface area contributed by atoms with Crippen molar-refractivity contribution in [1.29, 1.82) is 0 Å². The Labute approximate surface area is 157 Å². The van der Waals surface area contributed by atoms with E-state index in [1.54, 1.807) is 0 Å². The van der Waals surface area contributed by atoms with E-state index in [2.05, 4.69) is 46.6 Å². The van der Waals surface area contributed by atoms with Crippen LogP contribution in [0.2, 0.25) is 0 Å². The summed E-state index contributed by atoms with van der Waals surface area (Å²) in [6, 6.07) is 10.3. The maximum Gasteiger partial charge on any atom is 0.233 e. The normalized spacial score (nSPS) is 14.2. The summed E-state index contributed by atoms with van der Waals surface area (Å²) in [6.07, 6.45) is 3.53. The van der Waals surface area contributed by atoms with Crippen LogP contribution >= 0.6 is 11.8 Å².